The summed E-state index contributed by atoms with van der Waals surface area (Å²) >= 11 is 0. The Balaban J connectivity index is 1.51. The van der Waals surface area contributed by atoms with Crippen molar-refractivity contribution in [3.05, 3.63) is 12.7 Å². The van der Waals surface area contributed by atoms with Crippen LogP contribution < -0.4 is 0 Å². The molecular weight excluding hydrogens is 216 g/mol. The van der Waals surface area contributed by atoms with E-state index in [9.17, 15) is 4.79 Å². The highest BCUT2D eigenvalue weighted by molar-refractivity contribution is 5.81. The molecule has 17 heavy (non-hydrogen) atoms. The zero-order valence-electron chi connectivity index (χ0n) is 9.88. The first-order valence-corrected chi connectivity index (χ1v) is 6.76. The van der Waals surface area contributed by atoms with Crippen LogP contribution in [-0.2, 0) is 14.3 Å². The van der Waals surface area contributed by atoms with Crippen LogP contribution in [0.25, 0.3) is 0 Å². The summed E-state index contributed by atoms with van der Waals surface area (Å²) in [5, 5.41) is 0. The molecule has 1 heterocycles. The Morgan fingerprint density at radius 2 is 2.18 bits per heavy atom. The number of ether oxygens (including phenoxy) is 2. The SMILES string of the molecule is C=CC(=O)OC1CC2CC1C1CCC3OC3C21. The molecule has 4 rings (SSSR count). The largest absolute Gasteiger partial charge is 0.459 e. The topological polar surface area (TPSA) is 38.8 Å². The second-order valence-electron chi connectivity index (χ2n) is 6.03. The molecule has 0 amide bonds. The molecule has 7 atom stereocenters. The second-order valence-corrected chi connectivity index (χ2v) is 6.03. The average molecular weight is 234 g/mol. The van der Waals surface area contributed by atoms with E-state index < -0.39 is 0 Å². The van der Waals surface area contributed by atoms with Gasteiger partial charge in [0, 0.05) is 6.08 Å². The van der Waals surface area contributed by atoms with Crippen LogP contribution in [-0.4, -0.2) is 24.3 Å². The molecule has 0 aromatic carbocycles. The Kier molecular flexibility index (Phi) is 1.99. The fraction of sp³-hybridized carbons (Fsp3) is 0.786. The van der Waals surface area contributed by atoms with Crippen molar-refractivity contribution in [2.45, 2.75) is 44.0 Å². The molecule has 3 nitrogen and oxygen atoms in total. The zero-order valence-corrected chi connectivity index (χ0v) is 9.88. The standard InChI is InChI=1S/C14H18O3/c1-2-12(15)16-11-6-7-5-9(11)8-3-4-10-14(17-10)13(7)8/h2,7-11,13-14H,1,3-6H2. The van der Waals surface area contributed by atoms with Crippen molar-refractivity contribution < 1.29 is 14.3 Å². The molecule has 3 heteroatoms. The zero-order chi connectivity index (χ0) is 11.6. The molecule has 1 saturated heterocycles. The highest BCUT2D eigenvalue weighted by Crippen LogP contribution is 2.62. The Morgan fingerprint density at radius 3 is 3.00 bits per heavy atom. The number of rotatable bonds is 2. The maximum atomic E-state index is 11.3. The molecule has 2 bridgehead atoms. The number of esters is 1. The summed E-state index contributed by atoms with van der Waals surface area (Å²) in [6, 6.07) is 0. The fourth-order valence-electron chi connectivity index (χ4n) is 4.81. The van der Waals surface area contributed by atoms with E-state index in [4.69, 9.17) is 9.47 Å². The van der Waals surface area contributed by atoms with Gasteiger partial charge in [0.15, 0.2) is 0 Å². The van der Waals surface area contributed by atoms with E-state index in [1.807, 2.05) is 0 Å². The number of hydrogen-bond donors (Lipinski definition) is 0. The summed E-state index contributed by atoms with van der Waals surface area (Å²) in [6.45, 7) is 3.47. The maximum absolute atomic E-state index is 11.3. The predicted molar refractivity (Wildman–Crippen MR) is 61.2 cm³/mol. The summed E-state index contributed by atoms with van der Waals surface area (Å²) in [6.07, 6.45) is 7.36. The van der Waals surface area contributed by atoms with Crippen LogP contribution in [0, 0.1) is 23.7 Å². The van der Waals surface area contributed by atoms with E-state index in [2.05, 4.69) is 6.58 Å². The molecule has 3 aliphatic carbocycles. The molecule has 4 fully saturated rings. The number of carbonyl (C=O) groups is 1. The first kappa shape index (κ1) is 10.1. The van der Waals surface area contributed by atoms with Gasteiger partial charge in [-0.2, -0.15) is 0 Å². The van der Waals surface area contributed by atoms with Crippen LogP contribution in [0.2, 0.25) is 0 Å². The average Bonchev–Trinajstić information content (AvgIpc) is 2.91. The lowest BCUT2D eigenvalue weighted by atomic mass is 9.70. The van der Waals surface area contributed by atoms with Gasteiger partial charge < -0.3 is 9.47 Å². The van der Waals surface area contributed by atoms with E-state index in [1.54, 1.807) is 0 Å². The molecule has 4 aliphatic rings. The second kappa shape index (κ2) is 3.35. The smallest absolute Gasteiger partial charge is 0.330 e. The highest BCUT2D eigenvalue weighted by atomic mass is 16.6. The number of epoxide rings is 1. The lowest BCUT2D eigenvalue weighted by Crippen LogP contribution is -2.38. The van der Waals surface area contributed by atoms with Crippen molar-refractivity contribution in [2.24, 2.45) is 23.7 Å². The van der Waals surface area contributed by atoms with Crippen LogP contribution in [0.3, 0.4) is 0 Å². The molecule has 3 saturated carbocycles. The van der Waals surface area contributed by atoms with E-state index in [1.165, 1.54) is 25.3 Å². The molecular formula is C14H18O3. The van der Waals surface area contributed by atoms with Crippen molar-refractivity contribution >= 4 is 5.97 Å². The Morgan fingerprint density at radius 1 is 1.29 bits per heavy atom. The first-order valence-electron chi connectivity index (χ1n) is 6.76. The number of hydrogen-bond acceptors (Lipinski definition) is 3. The molecule has 1 aliphatic heterocycles. The predicted octanol–water partition coefficient (Wildman–Crippen LogP) is 1.92. The van der Waals surface area contributed by atoms with Crippen molar-refractivity contribution in [3.8, 4) is 0 Å². The van der Waals surface area contributed by atoms with Gasteiger partial charge in [0.25, 0.3) is 0 Å². The van der Waals surface area contributed by atoms with Crippen LogP contribution in [0.15, 0.2) is 12.7 Å². The van der Waals surface area contributed by atoms with Crippen LogP contribution in [0.1, 0.15) is 25.7 Å². The third-order valence-corrected chi connectivity index (χ3v) is 5.40. The van der Waals surface area contributed by atoms with Crippen LogP contribution in [0.4, 0.5) is 0 Å². The van der Waals surface area contributed by atoms with E-state index >= 15 is 0 Å². The van der Waals surface area contributed by atoms with Gasteiger partial charge in [0.1, 0.15) is 6.10 Å². The fourth-order valence-corrected chi connectivity index (χ4v) is 4.81. The van der Waals surface area contributed by atoms with E-state index in [0.717, 1.165) is 24.2 Å². The number of fused-ring (bicyclic) bond motifs is 7. The maximum Gasteiger partial charge on any atom is 0.330 e. The summed E-state index contributed by atoms with van der Waals surface area (Å²) in [5.41, 5.74) is 0. The van der Waals surface area contributed by atoms with E-state index in [0.29, 0.717) is 18.1 Å². The molecule has 0 N–H and O–H groups in total. The van der Waals surface area contributed by atoms with Crippen molar-refractivity contribution in [2.75, 3.05) is 0 Å². The minimum absolute atomic E-state index is 0.155. The monoisotopic (exact) mass is 234 g/mol. The third kappa shape index (κ3) is 1.35. The van der Waals surface area contributed by atoms with Gasteiger partial charge in [0.05, 0.1) is 12.2 Å². The van der Waals surface area contributed by atoms with E-state index in [-0.39, 0.29) is 12.1 Å². The number of carbonyl (C=O) groups excluding carboxylic acids is 1. The molecule has 0 spiro atoms. The van der Waals surface area contributed by atoms with Gasteiger partial charge in [0.2, 0.25) is 0 Å². The lowest BCUT2D eigenvalue weighted by molar-refractivity contribution is -0.147. The molecule has 7 unspecified atom stereocenters. The van der Waals surface area contributed by atoms with Gasteiger partial charge in [-0.1, -0.05) is 6.58 Å². The van der Waals surface area contributed by atoms with Gasteiger partial charge >= 0.3 is 5.97 Å². The minimum atomic E-state index is -0.254. The van der Waals surface area contributed by atoms with Crippen molar-refractivity contribution in [3.63, 3.8) is 0 Å². The van der Waals surface area contributed by atoms with Crippen molar-refractivity contribution in [1.29, 1.82) is 0 Å². The van der Waals surface area contributed by atoms with Crippen LogP contribution in [0.5, 0.6) is 0 Å². The molecule has 92 valence electrons. The summed E-state index contributed by atoms with van der Waals surface area (Å²) in [5.74, 6) is 2.61. The van der Waals surface area contributed by atoms with Gasteiger partial charge in [-0.15, -0.1) is 0 Å². The first-order chi connectivity index (χ1) is 8.28. The summed E-state index contributed by atoms with van der Waals surface area (Å²) in [7, 11) is 0. The lowest BCUT2D eigenvalue weighted by Gasteiger charge is -2.36. The quantitative estimate of drug-likeness (QED) is 0.416. The van der Waals surface area contributed by atoms with Crippen LogP contribution >= 0.6 is 0 Å². The molecule has 0 aromatic heterocycles. The minimum Gasteiger partial charge on any atom is -0.459 e. The third-order valence-electron chi connectivity index (χ3n) is 5.40. The van der Waals surface area contributed by atoms with Gasteiger partial charge in [-0.25, -0.2) is 4.79 Å². The summed E-state index contributed by atoms with van der Waals surface area (Å²) < 4.78 is 11.3. The Hall–Kier alpha value is -0.830. The molecule has 0 radical (unpaired) electrons. The summed E-state index contributed by atoms with van der Waals surface area (Å²) in [4.78, 5) is 11.3. The Labute approximate surface area is 101 Å². The van der Waals surface area contributed by atoms with Gasteiger partial charge in [-0.05, 0) is 49.4 Å². The van der Waals surface area contributed by atoms with Gasteiger partial charge in [-0.3, -0.25) is 0 Å². The molecule has 0 aromatic rings. The van der Waals surface area contributed by atoms with Crippen molar-refractivity contribution in [1.82, 2.24) is 0 Å². The Bertz CT molecular complexity index is 378. The highest BCUT2D eigenvalue weighted by Gasteiger charge is 2.63. The normalized spacial score (nSPS) is 53.8.